The second kappa shape index (κ2) is 10.0. The van der Waals surface area contributed by atoms with Crippen LogP contribution in [0.1, 0.15) is 51.7 Å². The molecule has 1 amide bonds. The number of amides is 1. The van der Waals surface area contributed by atoms with Gasteiger partial charge in [-0.2, -0.15) is 13.2 Å². The van der Waals surface area contributed by atoms with Gasteiger partial charge in [0.05, 0.1) is 29.1 Å². The van der Waals surface area contributed by atoms with E-state index in [-0.39, 0.29) is 46.3 Å². The normalized spacial score (nSPS) is 17.9. The summed E-state index contributed by atoms with van der Waals surface area (Å²) in [5.41, 5.74) is -2.60. The topological polar surface area (TPSA) is 104 Å². The van der Waals surface area contributed by atoms with Gasteiger partial charge in [-0.3, -0.25) is 5.32 Å². The van der Waals surface area contributed by atoms with E-state index in [1.54, 1.807) is 6.92 Å². The number of hydrogen-bond donors (Lipinski definition) is 4. The molecule has 1 saturated heterocycles. The standard InChI is InChI=1S/C25H29F5N6O2/c1-5-38-22(37)35-17-7-6-14-15(11-31-20(14)18(17)24(4,26)27)19-16(25(28,29)30)12-32-21(36-19)34-13-8-9-23(2,3)33-10-13/h6-7,11-13,31,33H,5,8-10H2,1-4H3,(H,35,37)(H,32,34,36)/t13-/m0/s1. The molecule has 4 N–H and O–H groups in total. The van der Waals surface area contributed by atoms with Crippen molar-refractivity contribution in [3.8, 4) is 11.3 Å². The number of alkyl halides is 5. The largest absolute Gasteiger partial charge is 0.450 e. The Kier molecular flexibility index (Phi) is 7.26. The van der Waals surface area contributed by atoms with Gasteiger partial charge in [0.15, 0.2) is 0 Å². The van der Waals surface area contributed by atoms with Gasteiger partial charge in [-0.15, -0.1) is 0 Å². The number of piperidine rings is 1. The highest BCUT2D eigenvalue weighted by Crippen LogP contribution is 2.43. The van der Waals surface area contributed by atoms with Crippen molar-refractivity contribution in [3.63, 3.8) is 0 Å². The molecule has 1 aliphatic heterocycles. The number of hydrogen-bond acceptors (Lipinski definition) is 6. The molecule has 0 unspecified atom stereocenters. The molecule has 8 nitrogen and oxygen atoms in total. The predicted molar refractivity (Wildman–Crippen MR) is 133 cm³/mol. The Morgan fingerprint density at radius 3 is 2.58 bits per heavy atom. The van der Waals surface area contributed by atoms with Crippen LogP contribution in [0.2, 0.25) is 0 Å². The zero-order valence-corrected chi connectivity index (χ0v) is 21.3. The Morgan fingerprint density at radius 1 is 1.24 bits per heavy atom. The van der Waals surface area contributed by atoms with Crippen LogP contribution in [0.25, 0.3) is 22.2 Å². The lowest BCUT2D eigenvalue weighted by molar-refractivity contribution is -0.137. The number of fused-ring (bicyclic) bond motifs is 1. The lowest BCUT2D eigenvalue weighted by Gasteiger charge is -2.36. The number of benzene rings is 1. The third kappa shape index (κ3) is 5.82. The van der Waals surface area contributed by atoms with Gasteiger partial charge < -0.3 is 20.4 Å². The minimum Gasteiger partial charge on any atom is -0.450 e. The van der Waals surface area contributed by atoms with Crippen LogP contribution in [0, 0.1) is 0 Å². The summed E-state index contributed by atoms with van der Waals surface area (Å²) in [4.78, 5) is 22.6. The highest BCUT2D eigenvalue weighted by atomic mass is 19.4. The SMILES string of the molecule is CCOC(=O)Nc1ccc2c(-c3nc(N[C@H]4CCC(C)(C)NC4)ncc3C(F)(F)F)c[nH]c2c1C(C)(F)F. The number of carbonyl (C=O) groups is 1. The van der Waals surface area contributed by atoms with Gasteiger partial charge in [-0.25, -0.2) is 23.5 Å². The average Bonchev–Trinajstić information content (AvgIpc) is 3.22. The van der Waals surface area contributed by atoms with Crippen LogP contribution in [0.4, 0.5) is 38.4 Å². The van der Waals surface area contributed by atoms with E-state index in [0.29, 0.717) is 19.7 Å². The summed E-state index contributed by atoms with van der Waals surface area (Å²) < 4.78 is 76.1. The fraction of sp³-hybridized carbons (Fsp3) is 0.480. The van der Waals surface area contributed by atoms with Gasteiger partial charge in [0.2, 0.25) is 5.95 Å². The van der Waals surface area contributed by atoms with Gasteiger partial charge in [0.1, 0.15) is 5.56 Å². The smallest absolute Gasteiger partial charge is 0.419 e. The molecular formula is C25H29F5N6O2. The number of anilines is 2. The first-order valence-corrected chi connectivity index (χ1v) is 12.1. The number of halogens is 5. The average molecular weight is 541 g/mol. The molecule has 0 spiro atoms. The van der Waals surface area contributed by atoms with E-state index in [0.717, 1.165) is 12.8 Å². The van der Waals surface area contributed by atoms with Gasteiger partial charge in [-0.1, -0.05) is 6.07 Å². The maximum absolute atomic E-state index is 14.7. The van der Waals surface area contributed by atoms with E-state index in [2.05, 4.69) is 44.7 Å². The highest BCUT2D eigenvalue weighted by Gasteiger charge is 2.38. The minimum absolute atomic E-state index is 0.00417. The number of aromatic amines is 1. The maximum Gasteiger partial charge on any atom is 0.419 e. The molecule has 1 aliphatic rings. The second-order valence-electron chi connectivity index (χ2n) is 9.95. The van der Waals surface area contributed by atoms with Crippen LogP contribution in [0.5, 0.6) is 0 Å². The Labute approximate surface area is 215 Å². The van der Waals surface area contributed by atoms with Crippen molar-refractivity contribution in [2.24, 2.45) is 0 Å². The first kappa shape index (κ1) is 27.6. The van der Waals surface area contributed by atoms with Gasteiger partial charge in [0, 0.05) is 48.4 Å². The fourth-order valence-electron chi connectivity index (χ4n) is 4.53. The molecule has 13 heteroatoms. The molecule has 2 aromatic heterocycles. The fourth-order valence-corrected chi connectivity index (χ4v) is 4.53. The number of H-pyrrole nitrogens is 1. The summed E-state index contributed by atoms with van der Waals surface area (Å²) in [6.07, 6.45) is -2.24. The van der Waals surface area contributed by atoms with Crippen LogP contribution in [0.3, 0.4) is 0 Å². The molecule has 1 aromatic carbocycles. The molecule has 0 aliphatic carbocycles. The van der Waals surface area contributed by atoms with Crippen molar-refractivity contribution in [2.45, 2.75) is 64.2 Å². The van der Waals surface area contributed by atoms with Crippen LogP contribution in [0.15, 0.2) is 24.5 Å². The molecular weight excluding hydrogens is 511 g/mol. The summed E-state index contributed by atoms with van der Waals surface area (Å²) in [5, 5.41) is 8.80. The molecule has 206 valence electrons. The molecule has 1 atom stereocenters. The van der Waals surface area contributed by atoms with Crippen LogP contribution in [-0.2, 0) is 16.8 Å². The van der Waals surface area contributed by atoms with E-state index in [1.165, 1.54) is 18.3 Å². The first-order valence-electron chi connectivity index (χ1n) is 12.1. The molecule has 1 fully saturated rings. The summed E-state index contributed by atoms with van der Waals surface area (Å²) in [5.74, 6) is -3.46. The summed E-state index contributed by atoms with van der Waals surface area (Å²) in [7, 11) is 0. The first-order chi connectivity index (χ1) is 17.7. The Morgan fingerprint density at radius 2 is 1.97 bits per heavy atom. The van der Waals surface area contributed by atoms with Crippen molar-refractivity contribution < 1.29 is 31.5 Å². The van der Waals surface area contributed by atoms with Gasteiger partial charge in [-0.05, 0) is 39.7 Å². The van der Waals surface area contributed by atoms with Crippen LogP contribution >= 0.6 is 0 Å². The molecule has 4 rings (SSSR count). The zero-order valence-electron chi connectivity index (χ0n) is 21.3. The van der Waals surface area contributed by atoms with Gasteiger partial charge >= 0.3 is 12.3 Å². The Bertz CT molecular complexity index is 1320. The monoisotopic (exact) mass is 540 g/mol. The van der Waals surface area contributed by atoms with Crippen molar-refractivity contribution in [2.75, 3.05) is 23.8 Å². The van der Waals surface area contributed by atoms with E-state index < -0.39 is 35.0 Å². The zero-order chi connectivity index (χ0) is 27.9. The van der Waals surface area contributed by atoms with Crippen LogP contribution < -0.4 is 16.0 Å². The third-order valence-electron chi connectivity index (χ3n) is 6.43. The second-order valence-corrected chi connectivity index (χ2v) is 9.95. The van der Waals surface area contributed by atoms with E-state index in [9.17, 15) is 26.7 Å². The van der Waals surface area contributed by atoms with E-state index in [4.69, 9.17) is 4.74 Å². The molecule has 3 heterocycles. The summed E-state index contributed by atoms with van der Waals surface area (Å²) in [6, 6.07) is 2.45. The van der Waals surface area contributed by atoms with E-state index >= 15 is 0 Å². The van der Waals surface area contributed by atoms with E-state index in [1.807, 2.05) is 0 Å². The van der Waals surface area contributed by atoms with Crippen molar-refractivity contribution in [3.05, 3.63) is 35.7 Å². The third-order valence-corrected chi connectivity index (χ3v) is 6.43. The molecule has 38 heavy (non-hydrogen) atoms. The molecule has 3 aromatic rings. The van der Waals surface area contributed by atoms with Crippen molar-refractivity contribution in [1.29, 1.82) is 0 Å². The number of carbonyl (C=O) groups excluding carboxylic acids is 1. The van der Waals surface area contributed by atoms with Crippen molar-refractivity contribution in [1.82, 2.24) is 20.3 Å². The summed E-state index contributed by atoms with van der Waals surface area (Å²) in [6.45, 7) is 6.92. The summed E-state index contributed by atoms with van der Waals surface area (Å²) >= 11 is 0. The lowest BCUT2D eigenvalue weighted by atomic mass is 9.91. The highest BCUT2D eigenvalue weighted by molar-refractivity contribution is 6.01. The Balaban J connectivity index is 1.79. The number of rotatable bonds is 6. The number of nitrogens with zero attached hydrogens (tertiary/aromatic N) is 2. The molecule has 0 radical (unpaired) electrons. The molecule has 0 bridgehead atoms. The number of aromatic nitrogens is 3. The lowest BCUT2D eigenvalue weighted by Crippen LogP contribution is -2.50. The number of nitrogens with one attached hydrogen (secondary N) is 4. The quantitative estimate of drug-likeness (QED) is 0.275. The Hall–Kier alpha value is -3.48. The predicted octanol–water partition coefficient (Wildman–Crippen LogP) is 6.27. The molecule has 0 saturated carbocycles. The van der Waals surface area contributed by atoms with Gasteiger partial charge in [0.25, 0.3) is 5.92 Å². The maximum atomic E-state index is 14.7. The number of ether oxygens (including phenoxy) is 1. The minimum atomic E-state index is -4.79. The van der Waals surface area contributed by atoms with Crippen molar-refractivity contribution >= 4 is 28.6 Å². The van der Waals surface area contributed by atoms with Crippen LogP contribution in [-0.4, -0.2) is 45.8 Å².